The van der Waals surface area contributed by atoms with Crippen molar-refractivity contribution >= 4 is 62.3 Å². The Bertz CT molecular complexity index is 1800. The van der Waals surface area contributed by atoms with Gasteiger partial charge in [-0.3, -0.25) is 13.9 Å². The number of amides is 2. The fraction of sp³-hybridized carbons (Fsp3) is 0.278. The Morgan fingerprint density at radius 2 is 1.47 bits per heavy atom. The molecule has 0 aliphatic carbocycles. The second kappa shape index (κ2) is 16.0. The number of carbonyl (C=O) groups is 2. The first-order valence-electron chi connectivity index (χ1n) is 15.2. The van der Waals surface area contributed by atoms with E-state index in [-0.39, 0.29) is 35.4 Å². The summed E-state index contributed by atoms with van der Waals surface area (Å²) in [5, 5.41) is 4.02. The molecule has 4 aromatic carbocycles. The molecule has 0 saturated heterocycles. The first-order valence-corrected chi connectivity index (χ1v) is 17.7. The van der Waals surface area contributed by atoms with Gasteiger partial charge in [-0.05, 0) is 73.4 Å². The molecular formula is C36H38Cl3N3O4S. The third kappa shape index (κ3) is 9.29. The monoisotopic (exact) mass is 713 g/mol. The second-order valence-electron chi connectivity index (χ2n) is 11.8. The topological polar surface area (TPSA) is 86.8 Å². The molecule has 4 rings (SSSR count). The molecule has 0 spiro atoms. The highest BCUT2D eigenvalue weighted by Crippen LogP contribution is 2.31. The van der Waals surface area contributed by atoms with Gasteiger partial charge in [0.1, 0.15) is 12.6 Å². The molecule has 0 aromatic heterocycles. The van der Waals surface area contributed by atoms with E-state index in [4.69, 9.17) is 34.8 Å². The highest BCUT2D eigenvalue weighted by molar-refractivity contribution is 7.92. The fourth-order valence-electron chi connectivity index (χ4n) is 5.08. The third-order valence-corrected chi connectivity index (χ3v) is 10.4. The van der Waals surface area contributed by atoms with Crippen molar-refractivity contribution in [3.05, 3.63) is 128 Å². The smallest absolute Gasteiger partial charge is 0.264 e. The minimum absolute atomic E-state index is 0.0152. The zero-order chi connectivity index (χ0) is 34.3. The van der Waals surface area contributed by atoms with Gasteiger partial charge < -0.3 is 10.2 Å². The van der Waals surface area contributed by atoms with Gasteiger partial charge in [-0.15, -0.1) is 0 Å². The SMILES string of the molecule is Cc1ccc(S(=O)(=O)N(CC(=O)N(Cc2c(Cl)cccc2Cl)C(Cc2ccccc2)C(=O)NCC(C)C)c2ccc(Cl)cc2C)cc1. The number of sulfonamides is 1. The molecule has 1 unspecified atom stereocenters. The Morgan fingerprint density at radius 1 is 0.830 bits per heavy atom. The van der Waals surface area contributed by atoms with Crippen LogP contribution in [0.25, 0.3) is 0 Å². The number of hydrogen-bond acceptors (Lipinski definition) is 4. The Morgan fingerprint density at radius 3 is 2.06 bits per heavy atom. The number of nitrogens with one attached hydrogen (secondary N) is 1. The van der Waals surface area contributed by atoms with Gasteiger partial charge in [0.15, 0.2) is 0 Å². The maximum Gasteiger partial charge on any atom is 0.264 e. The van der Waals surface area contributed by atoms with Crippen LogP contribution in [0.3, 0.4) is 0 Å². The summed E-state index contributed by atoms with van der Waals surface area (Å²) in [5.41, 5.74) is 2.97. The van der Waals surface area contributed by atoms with Crippen LogP contribution in [0.2, 0.25) is 15.1 Å². The van der Waals surface area contributed by atoms with E-state index in [1.54, 1.807) is 55.5 Å². The van der Waals surface area contributed by atoms with Crippen molar-refractivity contribution in [2.24, 2.45) is 5.92 Å². The van der Waals surface area contributed by atoms with Gasteiger partial charge in [-0.1, -0.05) is 103 Å². The highest BCUT2D eigenvalue weighted by atomic mass is 35.5. The summed E-state index contributed by atoms with van der Waals surface area (Å²) in [7, 11) is -4.26. The number of carbonyl (C=O) groups excluding carboxylic acids is 2. The Hall–Kier alpha value is -3.56. The first-order chi connectivity index (χ1) is 22.3. The maximum atomic E-state index is 14.7. The molecule has 4 aromatic rings. The molecule has 0 heterocycles. The van der Waals surface area contributed by atoms with Crippen molar-refractivity contribution in [1.29, 1.82) is 0 Å². The summed E-state index contributed by atoms with van der Waals surface area (Å²) in [4.78, 5) is 30.0. The summed E-state index contributed by atoms with van der Waals surface area (Å²) < 4.78 is 29.6. The van der Waals surface area contributed by atoms with E-state index < -0.39 is 28.5 Å². The average Bonchev–Trinajstić information content (AvgIpc) is 3.02. The third-order valence-electron chi connectivity index (χ3n) is 7.66. The van der Waals surface area contributed by atoms with Gasteiger partial charge in [-0.25, -0.2) is 8.42 Å². The number of hydrogen-bond donors (Lipinski definition) is 1. The zero-order valence-corrected chi connectivity index (χ0v) is 29.8. The molecule has 0 aliphatic heterocycles. The first kappa shape index (κ1) is 36.3. The Kier molecular flexibility index (Phi) is 12.4. The molecule has 248 valence electrons. The maximum absolute atomic E-state index is 14.7. The molecule has 0 aliphatic rings. The number of anilines is 1. The lowest BCUT2D eigenvalue weighted by Crippen LogP contribution is -2.54. The molecule has 7 nitrogen and oxygen atoms in total. The summed E-state index contributed by atoms with van der Waals surface area (Å²) in [6, 6.07) is 24.5. The molecular weight excluding hydrogens is 677 g/mol. The molecule has 11 heteroatoms. The van der Waals surface area contributed by atoms with Gasteiger partial charge in [0.25, 0.3) is 10.0 Å². The summed E-state index contributed by atoms with van der Waals surface area (Å²) >= 11 is 19.4. The van der Waals surface area contributed by atoms with E-state index in [1.807, 2.05) is 51.1 Å². The van der Waals surface area contributed by atoms with Crippen molar-refractivity contribution in [1.82, 2.24) is 10.2 Å². The largest absolute Gasteiger partial charge is 0.354 e. The van der Waals surface area contributed by atoms with Crippen LogP contribution in [0.1, 0.15) is 36.1 Å². The van der Waals surface area contributed by atoms with Crippen molar-refractivity contribution in [3.8, 4) is 0 Å². The Labute approximate surface area is 292 Å². The fourth-order valence-corrected chi connectivity index (χ4v) is 7.30. The lowest BCUT2D eigenvalue weighted by Gasteiger charge is -2.34. The van der Waals surface area contributed by atoms with E-state index in [9.17, 15) is 18.0 Å². The zero-order valence-electron chi connectivity index (χ0n) is 26.7. The minimum atomic E-state index is -4.26. The van der Waals surface area contributed by atoms with Crippen molar-refractivity contribution in [3.63, 3.8) is 0 Å². The lowest BCUT2D eigenvalue weighted by atomic mass is 10.0. The summed E-state index contributed by atoms with van der Waals surface area (Å²) in [5.74, 6) is -0.845. The van der Waals surface area contributed by atoms with Gasteiger partial charge in [0.2, 0.25) is 11.8 Å². The quantitative estimate of drug-likeness (QED) is 0.153. The number of nitrogens with zero attached hydrogens (tertiary/aromatic N) is 2. The molecule has 47 heavy (non-hydrogen) atoms. The number of halogens is 3. The summed E-state index contributed by atoms with van der Waals surface area (Å²) in [6.45, 7) is 7.17. The summed E-state index contributed by atoms with van der Waals surface area (Å²) in [6.07, 6.45) is 0.170. The number of aryl methyl sites for hydroxylation is 2. The van der Waals surface area contributed by atoms with Crippen LogP contribution in [0.15, 0.2) is 95.9 Å². The van der Waals surface area contributed by atoms with E-state index in [0.29, 0.717) is 32.7 Å². The molecule has 0 bridgehead atoms. The Balaban J connectivity index is 1.86. The van der Waals surface area contributed by atoms with Crippen LogP contribution in [-0.2, 0) is 32.6 Å². The van der Waals surface area contributed by atoms with Crippen LogP contribution < -0.4 is 9.62 Å². The van der Waals surface area contributed by atoms with Gasteiger partial charge in [-0.2, -0.15) is 0 Å². The molecule has 2 amide bonds. The lowest BCUT2D eigenvalue weighted by molar-refractivity contribution is -0.140. The van der Waals surface area contributed by atoms with E-state index >= 15 is 0 Å². The highest BCUT2D eigenvalue weighted by Gasteiger charge is 2.35. The van der Waals surface area contributed by atoms with Crippen molar-refractivity contribution < 1.29 is 18.0 Å². The molecule has 0 radical (unpaired) electrons. The van der Waals surface area contributed by atoms with Crippen LogP contribution in [0.4, 0.5) is 5.69 Å². The van der Waals surface area contributed by atoms with Crippen LogP contribution in [0.5, 0.6) is 0 Å². The normalized spacial score (nSPS) is 12.1. The molecule has 1 N–H and O–H groups in total. The second-order valence-corrected chi connectivity index (χ2v) is 14.9. The number of benzene rings is 4. The van der Waals surface area contributed by atoms with Gasteiger partial charge >= 0.3 is 0 Å². The van der Waals surface area contributed by atoms with Crippen LogP contribution in [-0.4, -0.2) is 44.3 Å². The van der Waals surface area contributed by atoms with Crippen molar-refractivity contribution in [2.45, 2.75) is 51.6 Å². The van der Waals surface area contributed by atoms with Gasteiger partial charge in [0.05, 0.1) is 10.6 Å². The van der Waals surface area contributed by atoms with Gasteiger partial charge in [0, 0.05) is 40.1 Å². The van der Waals surface area contributed by atoms with E-state index in [0.717, 1.165) is 15.4 Å². The van der Waals surface area contributed by atoms with Crippen LogP contribution in [0, 0.1) is 19.8 Å². The number of rotatable bonds is 13. The van der Waals surface area contributed by atoms with Crippen molar-refractivity contribution in [2.75, 3.05) is 17.4 Å². The van der Waals surface area contributed by atoms with E-state index in [1.165, 1.54) is 17.0 Å². The molecule has 0 saturated carbocycles. The van der Waals surface area contributed by atoms with Crippen LogP contribution >= 0.6 is 34.8 Å². The minimum Gasteiger partial charge on any atom is -0.354 e. The molecule has 1 atom stereocenters. The molecule has 0 fully saturated rings. The standard InChI is InChI=1S/C36H38Cl3N3O4S/c1-24(2)21-40-36(44)34(20-27-9-6-5-7-10-27)41(22-30-31(38)11-8-12-32(30)39)35(43)23-42(33-18-15-28(37)19-26(33)4)47(45,46)29-16-13-25(3)14-17-29/h5-19,24,34H,20-23H2,1-4H3,(H,40,44). The predicted molar refractivity (Wildman–Crippen MR) is 191 cm³/mol. The van der Waals surface area contributed by atoms with E-state index in [2.05, 4.69) is 5.32 Å². The predicted octanol–water partition coefficient (Wildman–Crippen LogP) is 7.87. The average molecular weight is 715 g/mol.